The Kier molecular flexibility index (Phi) is 5.95. The number of hydrogen-bond donors (Lipinski definition) is 0. The lowest BCUT2D eigenvalue weighted by Gasteiger charge is -2.19. The Morgan fingerprint density at radius 1 is 1.37 bits per heavy atom. The van der Waals surface area contributed by atoms with Crippen LogP contribution in [-0.4, -0.2) is 36.5 Å². The third-order valence-corrected chi connectivity index (χ3v) is 3.10. The molecule has 1 aromatic rings. The molecule has 0 saturated heterocycles. The molecule has 19 heavy (non-hydrogen) atoms. The molecule has 6 heteroatoms. The number of benzene rings is 1. The molecule has 0 N–H and O–H groups in total. The molecule has 0 saturated carbocycles. The molecule has 0 spiro atoms. The van der Waals surface area contributed by atoms with Crippen LogP contribution in [0, 0.1) is 5.82 Å². The smallest absolute Gasteiger partial charge is 0.325 e. The van der Waals surface area contributed by atoms with Crippen LogP contribution in [0.2, 0.25) is 0 Å². The normalized spacial score (nSPS) is 10.1. The van der Waals surface area contributed by atoms with Gasteiger partial charge in [0.05, 0.1) is 11.1 Å². The molecule has 104 valence electrons. The fraction of sp³-hybridized carbons (Fsp3) is 0.385. The molecule has 0 atom stereocenters. The van der Waals surface area contributed by atoms with E-state index < -0.39 is 17.7 Å². The number of ether oxygens (including phenoxy) is 1. The molecule has 0 aliphatic heterocycles. The zero-order chi connectivity index (χ0) is 14.4. The van der Waals surface area contributed by atoms with Crippen molar-refractivity contribution < 1.29 is 18.7 Å². The van der Waals surface area contributed by atoms with Crippen molar-refractivity contribution in [2.45, 2.75) is 13.8 Å². The number of carbonyl (C=O) groups excluding carboxylic acids is 2. The highest BCUT2D eigenvalue weighted by molar-refractivity contribution is 9.10. The van der Waals surface area contributed by atoms with E-state index in [4.69, 9.17) is 4.74 Å². The summed E-state index contributed by atoms with van der Waals surface area (Å²) >= 11 is 3.02. The second-order valence-electron chi connectivity index (χ2n) is 3.75. The Morgan fingerprint density at radius 3 is 2.58 bits per heavy atom. The Bertz CT molecular complexity index is 479. The van der Waals surface area contributed by atoms with Gasteiger partial charge in [0.25, 0.3) is 5.91 Å². The summed E-state index contributed by atoms with van der Waals surface area (Å²) in [5.41, 5.74) is 0.201. The van der Waals surface area contributed by atoms with Crippen molar-refractivity contribution >= 4 is 27.8 Å². The molecule has 0 bridgehead atoms. The Balaban J connectivity index is 2.83. The van der Waals surface area contributed by atoms with Crippen LogP contribution < -0.4 is 0 Å². The lowest BCUT2D eigenvalue weighted by Crippen LogP contribution is -2.36. The fourth-order valence-electron chi connectivity index (χ4n) is 1.50. The van der Waals surface area contributed by atoms with Gasteiger partial charge in [-0.1, -0.05) is 0 Å². The third kappa shape index (κ3) is 4.31. The van der Waals surface area contributed by atoms with Crippen LogP contribution in [0.4, 0.5) is 4.39 Å². The van der Waals surface area contributed by atoms with Crippen molar-refractivity contribution in [3.63, 3.8) is 0 Å². The topological polar surface area (TPSA) is 46.6 Å². The fourth-order valence-corrected chi connectivity index (χ4v) is 1.75. The number of esters is 1. The Morgan fingerprint density at radius 2 is 2.05 bits per heavy atom. The molecule has 1 rings (SSSR count). The zero-order valence-electron chi connectivity index (χ0n) is 10.8. The van der Waals surface area contributed by atoms with Crippen LogP contribution >= 0.6 is 15.9 Å². The van der Waals surface area contributed by atoms with Gasteiger partial charge >= 0.3 is 5.97 Å². The maximum Gasteiger partial charge on any atom is 0.325 e. The van der Waals surface area contributed by atoms with Crippen LogP contribution in [0.15, 0.2) is 22.7 Å². The molecular weight excluding hydrogens is 317 g/mol. The van der Waals surface area contributed by atoms with E-state index >= 15 is 0 Å². The van der Waals surface area contributed by atoms with Gasteiger partial charge in [-0.2, -0.15) is 0 Å². The Hall–Kier alpha value is -1.43. The van der Waals surface area contributed by atoms with E-state index in [0.717, 1.165) is 6.07 Å². The number of rotatable bonds is 5. The van der Waals surface area contributed by atoms with Gasteiger partial charge in [-0.25, -0.2) is 4.39 Å². The highest BCUT2D eigenvalue weighted by atomic mass is 79.9. The van der Waals surface area contributed by atoms with Crippen molar-refractivity contribution in [1.82, 2.24) is 4.90 Å². The molecule has 0 aliphatic rings. The number of nitrogens with zero attached hydrogens (tertiary/aromatic N) is 1. The van der Waals surface area contributed by atoms with Crippen LogP contribution in [0.25, 0.3) is 0 Å². The molecule has 0 fully saturated rings. The van der Waals surface area contributed by atoms with Gasteiger partial charge in [-0.15, -0.1) is 0 Å². The highest BCUT2D eigenvalue weighted by Crippen LogP contribution is 2.17. The van der Waals surface area contributed by atoms with Crippen LogP contribution in [-0.2, 0) is 9.53 Å². The number of carbonyl (C=O) groups is 2. The molecule has 0 aromatic heterocycles. The van der Waals surface area contributed by atoms with Crippen molar-refractivity contribution in [2.75, 3.05) is 19.7 Å². The molecule has 0 heterocycles. The Labute approximate surface area is 119 Å². The second kappa shape index (κ2) is 7.23. The van der Waals surface area contributed by atoms with E-state index in [1.165, 1.54) is 17.0 Å². The number of halogens is 2. The van der Waals surface area contributed by atoms with Crippen molar-refractivity contribution in [3.8, 4) is 0 Å². The maximum atomic E-state index is 13.4. The largest absolute Gasteiger partial charge is 0.465 e. The van der Waals surface area contributed by atoms with Crippen LogP contribution in [0.1, 0.15) is 24.2 Å². The van der Waals surface area contributed by atoms with Gasteiger partial charge in [0.15, 0.2) is 0 Å². The average molecular weight is 332 g/mol. The first-order chi connectivity index (χ1) is 8.99. The summed E-state index contributed by atoms with van der Waals surface area (Å²) < 4.78 is 18.5. The minimum Gasteiger partial charge on any atom is -0.465 e. The summed E-state index contributed by atoms with van der Waals surface area (Å²) in [6.07, 6.45) is 0. The van der Waals surface area contributed by atoms with Gasteiger partial charge in [-0.05, 0) is 48.0 Å². The highest BCUT2D eigenvalue weighted by Gasteiger charge is 2.18. The summed E-state index contributed by atoms with van der Waals surface area (Å²) in [7, 11) is 0. The van der Waals surface area contributed by atoms with Gasteiger partial charge in [-0.3, -0.25) is 9.59 Å². The predicted octanol–water partition coefficient (Wildman–Crippen LogP) is 2.61. The number of likely N-dealkylation sites (N-methyl/N-ethyl adjacent to an activating group) is 1. The van der Waals surface area contributed by atoms with Crippen LogP contribution in [0.5, 0.6) is 0 Å². The first-order valence-electron chi connectivity index (χ1n) is 5.89. The first-order valence-corrected chi connectivity index (χ1v) is 6.68. The molecule has 0 aliphatic carbocycles. The molecule has 4 nitrogen and oxygen atoms in total. The van der Waals surface area contributed by atoms with E-state index in [2.05, 4.69) is 15.9 Å². The van der Waals surface area contributed by atoms with Gasteiger partial charge < -0.3 is 9.64 Å². The quantitative estimate of drug-likeness (QED) is 0.779. The molecule has 1 amide bonds. The molecule has 1 aromatic carbocycles. The van der Waals surface area contributed by atoms with E-state index in [1.54, 1.807) is 13.8 Å². The summed E-state index contributed by atoms with van der Waals surface area (Å²) in [6, 6.07) is 4.10. The van der Waals surface area contributed by atoms with E-state index in [0.29, 0.717) is 6.54 Å². The third-order valence-electron chi connectivity index (χ3n) is 2.46. The number of amides is 1. The van der Waals surface area contributed by atoms with E-state index in [1.807, 2.05) is 0 Å². The molecule has 0 unspecified atom stereocenters. The predicted molar refractivity (Wildman–Crippen MR) is 72.3 cm³/mol. The van der Waals surface area contributed by atoms with Crippen LogP contribution in [0.3, 0.4) is 0 Å². The minimum absolute atomic E-state index is 0.138. The van der Waals surface area contributed by atoms with Crippen molar-refractivity contribution in [3.05, 3.63) is 34.1 Å². The number of hydrogen-bond acceptors (Lipinski definition) is 3. The standard InChI is InChI=1S/C13H15BrFNO3/c1-3-16(8-12(17)19-4-2)13(18)9-5-6-10(14)11(15)7-9/h5-7H,3-4,8H2,1-2H3. The average Bonchev–Trinajstić information content (AvgIpc) is 2.38. The van der Waals surface area contributed by atoms with Crippen molar-refractivity contribution in [1.29, 1.82) is 0 Å². The lowest BCUT2D eigenvalue weighted by molar-refractivity contribution is -0.143. The minimum atomic E-state index is -0.516. The monoisotopic (exact) mass is 331 g/mol. The van der Waals surface area contributed by atoms with Gasteiger partial charge in [0.2, 0.25) is 0 Å². The SMILES string of the molecule is CCOC(=O)CN(CC)C(=O)c1ccc(Br)c(F)c1. The van der Waals surface area contributed by atoms with E-state index in [-0.39, 0.29) is 23.2 Å². The second-order valence-corrected chi connectivity index (χ2v) is 4.61. The molecular formula is C13H15BrFNO3. The van der Waals surface area contributed by atoms with Gasteiger partial charge in [0.1, 0.15) is 12.4 Å². The van der Waals surface area contributed by atoms with Crippen molar-refractivity contribution in [2.24, 2.45) is 0 Å². The van der Waals surface area contributed by atoms with E-state index in [9.17, 15) is 14.0 Å². The summed E-state index contributed by atoms with van der Waals surface area (Å²) in [6.45, 7) is 3.90. The summed E-state index contributed by atoms with van der Waals surface area (Å²) in [5, 5.41) is 0. The summed E-state index contributed by atoms with van der Waals surface area (Å²) in [4.78, 5) is 24.8. The zero-order valence-corrected chi connectivity index (χ0v) is 12.4. The van der Waals surface area contributed by atoms with Gasteiger partial charge in [0, 0.05) is 12.1 Å². The first kappa shape index (κ1) is 15.6. The summed E-state index contributed by atoms with van der Waals surface area (Å²) in [5.74, 6) is -1.39. The maximum absolute atomic E-state index is 13.4. The lowest BCUT2D eigenvalue weighted by atomic mass is 10.2. The molecule has 0 radical (unpaired) electrons.